The van der Waals surface area contributed by atoms with E-state index in [1.807, 2.05) is 67.7 Å². The SMILES string of the molecule is C#CCOCC(O)CN(CCC)Cc1c(-c2ccccc2)nn(C)c1Oc1ccccc1. The van der Waals surface area contributed by atoms with Gasteiger partial charge in [0.05, 0.1) is 18.3 Å². The molecule has 168 valence electrons. The number of aliphatic hydroxyl groups is 1. The van der Waals surface area contributed by atoms with E-state index in [4.69, 9.17) is 21.0 Å². The van der Waals surface area contributed by atoms with E-state index in [0.29, 0.717) is 19.0 Å². The zero-order chi connectivity index (χ0) is 22.8. The monoisotopic (exact) mass is 433 g/mol. The molecule has 0 saturated heterocycles. The average molecular weight is 434 g/mol. The quantitative estimate of drug-likeness (QED) is 0.344. The lowest BCUT2D eigenvalue weighted by molar-refractivity contribution is 0.0260. The molecule has 1 aromatic heterocycles. The highest BCUT2D eigenvalue weighted by atomic mass is 16.5. The number of aryl methyl sites for hydroxylation is 1. The van der Waals surface area contributed by atoms with Gasteiger partial charge in [-0.3, -0.25) is 4.90 Å². The number of ether oxygens (including phenoxy) is 2. The van der Waals surface area contributed by atoms with Gasteiger partial charge in [-0.25, -0.2) is 4.68 Å². The predicted octanol–water partition coefficient (Wildman–Crippen LogP) is 4.10. The minimum absolute atomic E-state index is 0.195. The topological polar surface area (TPSA) is 59.8 Å². The van der Waals surface area contributed by atoms with Crippen LogP contribution in [0.15, 0.2) is 60.7 Å². The maximum atomic E-state index is 10.5. The molecule has 0 fully saturated rings. The van der Waals surface area contributed by atoms with E-state index in [1.54, 1.807) is 4.68 Å². The van der Waals surface area contributed by atoms with E-state index in [-0.39, 0.29) is 13.2 Å². The van der Waals surface area contributed by atoms with Gasteiger partial charge in [0.1, 0.15) is 18.1 Å². The molecule has 32 heavy (non-hydrogen) atoms. The number of hydrogen-bond donors (Lipinski definition) is 1. The third kappa shape index (κ3) is 6.44. The summed E-state index contributed by atoms with van der Waals surface area (Å²) in [6.07, 6.45) is 5.55. The Morgan fingerprint density at radius 1 is 1.12 bits per heavy atom. The third-order valence-corrected chi connectivity index (χ3v) is 4.98. The first-order chi connectivity index (χ1) is 15.6. The van der Waals surface area contributed by atoms with E-state index in [9.17, 15) is 5.11 Å². The van der Waals surface area contributed by atoms with Gasteiger partial charge in [0.2, 0.25) is 5.88 Å². The van der Waals surface area contributed by atoms with Crippen molar-refractivity contribution in [1.82, 2.24) is 14.7 Å². The molecular weight excluding hydrogens is 402 g/mol. The Balaban J connectivity index is 1.91. The molecule has 6 heteroatoms. The van der Waals surface area contributed by atoms with Crippen molar-refractivity contribution < 1.29 is 14.6 Å². The number of para-hydroxylation sites is 1. The fourth-order valence-corrected chi connectivity index (χ4v) is 3.63. The first-order valence-corrected chi connectivity index (χ1v) is 10.9. The maximum Gasteiger partial charge on any atom is 0.222 e. The van der Waals surface area contributed by atoms with Crippen LogP contribution in [-0.2, 0) is 18.3 Å². The summed E-state index contributed by atoms with van der Waals surface area (Å²) >= 11 is 0. The summed E-state index contributed by atoms with van der Waals surface area (Å²) in [6.45, 7) is 4.39. The zero-order valence-electron chi connectivity index (χ0n) is 18.8. The van der Waals surface area contributed by atoms with Gasteiger partial charge >= 0.3 is 0 Å². The highest BCUT2D eigenvalue weighted by Gasteiger charge is 2.23. The second-order valence-electron chi connectivity index (χ2n) is 7.65. The van der Waals surface area contributed by atoms with Crippen molar-refractivity contribution in [3.05, 3.63) is 66.2 Å². The van der Waals surface area contributed by atoms with E-state index in [1.165, 1.54) is 0 Å². The van der Waals surface area contributed by atoms with Crippen molar-refractivity contribution in [2.75, 3.05) is 26.3 Å². The van der Waals surface area contributed by atoms with Crippen LogP contribution in [0.1, 0.15) is 18.9 Å². The van der Waals surface area contributed by atoms with Crippen molar-refractivity contribution in [1.29, 1.82) is 0 Å². The number of hydrogen-bond acceptors (Lipinski definition) is 5. The first-order valence-electron chi connectivity index (χ1n) is 10.9. The van der Waals surface area contributed by atoms with Crippen molar-refractivity contribution in [3.8, 4) is 35.2 Å². The molecule has 0 spiro atoms. The largest absolute Gasteiger partial charge is 0.439 e. The van der Waals surface area contributed by atoms with Gasteiger partial charge in [0, 0.05) is 25.7 Å². The number of nitrogens with zero attached hydrogens (tertiary/aromatic N) is 3. The molecule has 0 aliphatic heterocycles. The standard InChI is InChI=1S/C26H31N3O3/c1-4-16-29(18-22(30)20-31-17-5-2)19-24-25(21-12-8-6-9-13-21)27-28(3)26(24)32-23-14-10-7-11-15-23/h2,6-15,22,30H,4,16-20H2,1,3H3. The lowest BCUT2D eigenvalue weighted by Crippen LogP contribution is -2.35. The van der Waals surface area contributed by atoms with Crippen molar-refractivity contribution in [3.63, 3.8) is 0 Å². The molecular formula is C26H31N3O3. The summed E-state index contributed by atoms with van der Waals surface area (Å²) in [5.41, 5.74) is 2.88. The van der Waals surface area contributed by atoms with Crippen LogP contribution < -0.4 is 4.74 Å². The second-order valence-corrected chi connectivity index (χ2v) is 7.65. The predicted molar refractivity (Wildman–Crippen MR) is 126 cm³/mol. The lowest BCUT2D eigenvalue weighted by Gasteiger charge is -2.25. The maximum absolute atomic E-state index is 10.5. The molecule has 0 bridgehead atoms. The van der Waals surface area contributed by atoms with Crippen molar-refractivity contribution in [2.24, 2.45) is 7.05 Å². The van der Waals surface area contributed by atoms with Crippen LogP contribution in [0.2, 0.25) is 0 Å². The second kappa shape index (κ2) is 12.1. The average Bonchev–Trinajstić information content (AvgIpc) is 3.10. The van der Waals surface area contributed by atoms with Crippen LogP contribution in [0.3, 0.4) is 0 Å². The Kier molecular flexibility index (Phi) is 8.88. The number of rotatable bonds is 12. The van der Waals surface area contributed by atoms with E-state index in [0.717, 1.165) is 35.5 Å². The van der Waals surface area contributed by atoms with Crippen LogP contribution in [0, 0.1) is 12.3 Å². The Hall–Kier alpha value is -3.11. The highest BCUT2D eigenvalue weighted by molar-refractivity contribution is 5.65. The molecule has 1 heterocycles. The van der Waals surface area contributed by atoms with Crippen LogP contribution in [0.25, 0.3) is 11.3 Å². The molecule has 1 N–H and O–H groups in total. The number of benzene rings is 2. The minimum Gasteiger partial charge on any atom is -0.439 e. The zero-order valence-corrected chi connectivity index (χ0v) is 18.8. The lowest BCUT2D eigenvalue weighted by atomic mass is 10.1. The third-order valence-electron chi connectivity index (χ3n) is 4.98. The molecule has 6 nitrogen and oxygen atoms in total. The van der Waals surface area contributed by atoms with Gasteiger partial charge in [-0.15, -0.1) is 6.42 Å². The fraction of sp³-hybridized carbons (Fsp3) is 0.346. The number of aromatic nitrogens is 2. The van der Waals surface area contributed by atoms with Gasteiger partial charge in [0.15, 0.2) is 0 Å². The van der Waals surface area contributed by atoms with Gasteiger partial charge < -0.3 is 14.6 Å². The van der Waals surface area contributed by atoms with Crippen LogP contribution in [-0.4, -0.2) is 52.2 Å². The molecule has 3 rings (SSSR count). The van der Waals surface area contributed by atoms with Gasteiger partial charge in [-0.05, 0) is 25.1 Å². The minimum atomic E-state index is -0.634. The Labute approximate surface area is 190 Å². The molecule has 2 aromatic carbocycles. The van der Waals surface area contributed by atoms with Crippen LogP contribution >= 0.6 is 0 Å². The summed E-state index contributed by atoms with van der Waals surface area (Å²) in [7, 11) is 1.89. The highest BCUT2D eigenvalue weighted by Crippen LogP contribution is 2.34. The summed E-state index contributed by atoms with van der Waals surface area (Å²) in [5, 5.41) is 15.2. The van der Waals surface area contributed by atoms with Crippen LogP contribution in [0.5, 0.6) is 11.6 Å². The Morgan fingerprint density at radius 3 is 2.47 bits per heavy atom. The molecule has 3 aromatic rings. The number of terminal acetylenes is 1. The van der Waals surface area contributed by atoms with Gasteiger partial charge in [-0.2, -0.15) is 5.10 Å². The molecule has 0 aliphatic carbocycles. The van der Waals surface area contributed by atoms with E-state index >= 15 is 0 Å². The molecule has 1 atom stereocenters. The smallest absolute Gasteiger partial charge is 0.222 e. The summed E-state index contributed by atoms with van der Waals surface area (Å²) in [4.78, 5) is 2.20. The molecule has 1 unspecified atom stereocenters. The first kappa shape index (κ1) is 23.6. The molecule has 0 radical (unpaired) electrons. The van der Waals surface area contributed by atoms with E-state index < -0.39 is 6.10 Å². The summed E-state index contributed by atoms with van der Waals surface area (Å²) in [5.74, 6) is 3.87. The molecule has 0 aliphatic rings. The van der Waals surface area contributed by atoms with Crippen LogP contribution in [0.4, 0.5) is 0 Å². The Morgan fingerprint density at radius 2 is 1.81 bits per heavy atom. The van der Waals surface area contributed by atoms with Gasteiger partial charge in [-0.1, -0.05) is 61.4 Å². The summed E-state index contributed by atoms with van der Waals surface area (Å²) < 4.78 is 13.4. The van der Waals surface area contributed by atoms with E-state index in [2.05, 4.69) is 17.7 Å². The summed E-state index contributed by atoms with van der Waals surface area (Å²) in [6, 6.07) is 19.8. The molecule has 0 amide bonds. The molecule has 0 saturated carbocycles. The van der Waals surface area contributed by atoms with Gasteiger partial charge in [0.25, 0.3) is 0 Å². The van der Waals surface area contributed by atoms with Crippen molar-refractivity contribution >= 4 is 0 Å². The van der Waals surface area contributed by atoms with Crippen molar-refractivity contribution in [2.45, 2.75) is 26.0 Å². The normalized spacial score (nSPS) is 12.0. The number of aliphatic hydroxyl groups excluding tert-OH is 1. The fourth-order valence-electron chi connectivity index (χ4n) is 3.63. The Bertz CT molecular complexity index is 996.